The van der Waals surface area contributed by atoms with Crippen molar-refractivity contribution in [3.63, 3.8) is 0 Å². The second-order valence-corrected chi connectivity index (χ2v) is 8.37. The van der Waals surface area contributed by atoms with Gasteiger partial charge in [0.05, 0.1) is 0 Å². The van der Waals surface area contributed by atoms with Crippen LogP contribution in [0.1, 0.15) is 0 Å². The van der Waals surface area contributed by atoms with Crippen molar-refractivity contribution in [2.45, 2.75) is 0 Å². The second-order valence-electron chi connectivity index (χ2n) is 8.37. The van der Waals surface area contributed by atoms with Crippen LogP contribution in [-0.2, 0) is 0 Å². The van der Waals surface area contributed by atoms with E-state index >= 15 is 0 Å². The van der Waals surface area contributed by atoms with Crippen LogP contribution in [0.3, 0.4) is 0 Å². The summed E-state index contributed by atoms with van der Waals surface area (Å²) in [5.41, 5.74) is 2.34. The second kappa shape index (κ2) is 4.98. The molecule has 0 saturated heterocycles. The monoisotopic (exact) mass is 374 g/mol. The summed E-state index contributed by atoms with van der Waals surface area (Å²) in [5.74, 6) is 0. The summed E-state index contributed by atoms with van der Waals surface area (Å²) in [7, 11) is 0. The van der Waals surface area contributed by atoms with Crippen LogP contribution in [0.4, 0.5) is 0 Å². The predicted octanol–water partition coefficient (Wildman–Crippen LogP) is 8.19. The molecule has 0 fully saturated rings. The van der Waals surface area contributed by atoms with Crippen LogP contribution in [0, 0.1) is 12.1 Å². The van der Waals surface area contributed by atoms with Gasteiger partial charge in [-0.3, -0.25) is 0 Å². The molecule has 0 aliphatic heterocycles. The van der Waals surface area contributed by atoms with Crippen LogP contribution in [0.2, 0.25) is 0 Å². The van der Waals surface area contributed by atoms with Gasteiger partial charge in [0, 0.05) is 0 Å². The van der Waals surface area contributed by atoms with Gasteiger partial charge < -0.3 is 0 Å². The van der Waals surface area contributed by atoms with E-state index < -0.39 is 0 Å². The molecule has 0 atom stereocenters. The van der Waals surface area contributed by atoms with Gasteiger partial charge in [-0.15, -0.1) is 0 Å². The van der Waals surface area contributed by atoms with E-state index in [1.54, 1.807) is 0 Å². The predicted molar refractivity (Wildman–Crippen MR) is 128 cm³/mol. The molecule has 134 valence electrons. The van der Waals surface area contributed by atoms with Crippen LogP contribution in [0.5, 0.6) is 0 Å². The Morgan fingerprint density at radius 1 is 0.400 bits per heavy atom. The molecule has 0 saturated carbocycles. The zero-order valence-electron chi connectivity index (χ0n) is 16.1. The van der Waals surface area contributed by atoms with E-state index in [1.807, 2.05) is 0 Å². The first-order valence-electron chi connectivity index (χ1n) is 10.4. The Hall–Kier alpha value is -3.90. The van der Waals surface area contributed by atoms with Gasteiger partial charge in [-0.05, 0) is 87.9 Å². The summed E-state index contributed by atoms with van der Waals surface area (Å²) < 4.78 is 0. The third-order valence-corrected chi connectivity index (χ3v) is 6.91. The first-order chi connectivity index (χ1) is 14.9. The highest BCUT2D eigenvalue weighted by molar-refractivity contribution is 6.33. The van der Waals surface area contributed by atoms with Crippen LogP contribution < -0.4 is 0 Å². The van der Waals surface area contributed by atoms with Gasteiger partial charge in [0.25, 0.3) is 0 Å². The van der Waals surface area contributed by atoms with E-state index in [1.165, 1.54) is 70.2 Å². The Morgan fingerprint density at radius 2 is 0.933 bits per heavy atom. The van der Waals surface area contributed by atoms with Gasteiger partial charge >= 0.3 is 0 Å². The van der Waals surface area contributed by atoms with Gasteiger partial charge in [-0.1, -0.05) is 84.9 Å². The summed E-state index contributed by atoms with van der Waals surface area (Å²) >= 11 is 0. The minimum absolute atomic E-state index is 1.16. The molecule has 0 unspecified atom stereocenters. The highest BCUT2D eigenvalue weighted by atomic mass is 14.2. The largest absolute Gasteiger partial charge is 0.0537 e. The molecular weight excluding hydrogens is 360 g/mol. The van der Waals surface area contributed by atoms with E-state index in [0.29, 0.717) is 0 Å². The quantitative estimate of drug-likeness (QED) is 0.254. The standard InChI is InChI=1S/C30H14/c1-2-23-17-4-8-19(9-5-17)27(23)24(3-1)26-16-25-18-6-10-20(11-7-18)28(25)30-22-14-12-21(13-15-22)29(26)30/h1-2,4-15H. The number of hydrogen-bond acceptors (Lipinski definition) is 0. The lowest BCUT2D eigenvalue weighted by molar-refractivity contribution is 1.71. The van der Waals surface area contributed by atoms with E-state index in [4.69, 9.17) is 0 Å². The Bertz CT molecular complexity index is 1830. The number of rotatable bonds is 1. The molecule has 0 heterocycles. The Kier molecular flexibility index (Phi) is 2.49. The summed E-state index contributed by atoms with van der Waals surface area (Å²) in [4.78, 5) is 0. The molecule has 0 N–H and O–H groups in total. The van der Waals surface area contributed by atoms with Crippen LogP contribution >= 0.6 is 0 Å². The zero-order valence-corrected chi connectivity index (χ0v) is 16.1. The fourth-order valence-electron chi connectivity index (χ4n) is 5.55. The minimum Gasteiger partial charge on any atom is -0.0537 e. The van der Waals surface area contributed by atoms with Gasteiger partial charge in [-0.25, -0.2) is 0 Å². The zero-order chi connectivity index (χ0) is 19.4. The van der Waals surface area contributed by atoms with E-state index in [2.05, 4.69) is 97.1 Å². The first kappa shape index (κ1) is 15.0. The summed E-state index contributed by atoms with van der Waals surface area (Å²) in [6.45, 7) is 0. The lowest BCUT2D eigenvalue weighted by Gasteiger charge is -2.19. The van der Waals surface area contributed by atoms with Crippen molar-refractivity contribution in [2.24, 2.45) is 0 Å². The molecule has 11 aromatic rings. The van der Waals surface area contributed by atoms with E-state index in [9.17, 15) is 0 Å². The molecule has 0 heteroatoms. The fourth-order valence-corrected chi connectivity index (χ4v) is 5.55. The van der Waals surface area contributed by atoms with Crippen molar-refractivity contribution in [2.75, 3.05) is 0 Å². The summed E-state index contributed by atoms with van der Waals surface area (Å²) in [6, 6.07) is 38.5. The van der Waals surface area contributed by atoms with Crippen LogP contribution in [-0.4, -0.2) is 0 Å². The maximum atomic E-state index is 3.87. The average Bonchev–Trinajstić information content (AvgIpc) is 2.85. The van der Waals surface area contributed by atoms with Crippen molar-refractivity contribution in [1.29, 1.82) is 0 Å². The lowest BCUT2D eigenvalue weighted by atomic mass is 9.83. The van der Waals surface area contributed by atoms with Crippen LogP contribution in [0.25, 0.3) is 75.8 Å². The van der Waals surface area contributed by atoms with E-state index in [-0.39, 0.29) is 0 Å². The molecule has 0 aromatic heterocycles. The van der Waals surface area contributed by atoms with Crippen LogP contribution in [0.15, 0.2) is 84.9 Å². The van der Waals surface area contributed by atoms with Crippen molar-refractivity contribution in [3.05, 3.63) is 97.1 Å². The third-order valence-electron chi connectivity index (χ3n) is 6.91. The maximum absolute atomic E-state index is 3.87. The molecule has 11 rings (SSSR count). The molecule has 11 aromatic carbocycles. The molecule has 0 amide bonds. The third kappa shape index (κ3) is 1.66. The van der Waals surface area contributed by atoms with Crippen molar-refractivity contribution in [1.82, 2.24) is 0 Å². The fraction of sp³-hybridized carbons (Fsp3) is 0. The molecule has 6 bridgehead atoms. The molecular formula is C30H14. The van der Waals surface area contributed by atoms with Gasteiger partial charge in [-0.2, -0.15) is 0 Å². The molecule has 0 aliphatic carbocycles. The normalized spacial score (nSPS) is 12.7. The van der Waals surface area contributed by atoms with Gasteiger partial charge in [0.15, 0.2) is 0 Å². The Balaban J connectivity index is 1.68. The number of hydrogen-bond donors (Lipinski definition) is 0. The maximum Gasteiger partial charge on any atom is -0.0000479 e. The van der Waals surface area contributed by atoms with E-state index in [0.717, 1.165) is 5.56 Å². The van der Waals surface area contributed by atoms with Crippen molar-refractivity contribution >= 4 is 64.6 Å². The Labute approximate surface area is 173 Å². The van der Waals surface area contributed by atoms with Gasteiger partial charge in [0.1, 0.15) is 0 Å². The summed E-state index contributed by atoms with van der Waals surface area (Å²) in [5, 5.41) is 15.5. The minimum atomic E-state index is 1.16. The van der Waals surface area contributed by atoms with Gasteiger partial charge in [0.2, 0.25) is 0 Å². The molecule has 0 nitrogen and oxygen atoms in total. The molecule has 2 radical (unpaired) electrons. The van der Waals surface area contributed by atoms with Crippen molar-refractivity contribution in [3.8, 4) is 11.1 Å². The Morgan fingerprint density at radius 3 is 1.63 bits per heavy atom. The number of benzene rings is 11. The molecule has 30 heavy (non-hydrogen) atoms. The van der Waals surface area contributed by atoms with Crippen molar-refractivity contribution < 1.29 is 0 Å². The first-order valence-corrected chi connectivity index (χ1v) is 10.4. The summed E-state index contributed by atoms with van der Waals surface area (Å²) in [6.07, 6.45) is 0. The highest BCUT2D eigenvalue weighted by Gasteiger charge is 2.19. The topological polar surface area (TPSA) is 0 Å². The smallest absolute Gasteiger partial charge is 0.0000479 e. The SMILES string of the molecule is [c]1ccc2c3ccc(cc3)c2c1-c1[c]c2c3ccc(cc3)c2c2c3ccc(cc3)c12. The molecule has 0 aliphatic rings. The average molecular weight is 374 g/mol. The molecule has 0 spiro atoms. The number of fused-ring (bicyclic) bond motifs is 6. The lowest BCUT2D eigenvalue weighted by Crippen LogP contribution is -1.92. The highest BCUT2D eigenvalue weighted by Crippen LogP contribution is 2.46.